The number of carbonyl (C=O) groups is 1. The van der Waals surface area contributed by atoms with Crippen LogP contribution in [0.4, 0.5) is 5.69 Å². The molecule has 1 aromatic rings. The summed E-state index contributed by atoms with van der Waals surface area (Å²) in [6, 6.07) is 3.41. The number of hydrogen-bond acceptors (Lipinski definition) is 3. The second-order valence-electron chi connectivity index (χ2n) is 3.21. The van der Waals surface area contributed by atoms with E-state index in [0.29, 0.717) is 11.4 Å². The van der Waals surface area contributed by atoms with Gasteiger partial charge in [-0.1, -0.05) is 12.2 Å². The van der Waals surface area contributed by atoms with E-state index in [-0.39, 0.29) is 5.56 Å². The lowest BCUT2D eigenvalue weighted by Gasteiger charge is -2.06. The van der Waals surface area contributed by atoms with Gasteiger partial charge < -0.3 is 10.8 Å². The summed E-state index contributed by atoms with van der Waals surface area (Å²) in [5.41, 5.74) is 7.78. The average Bonchev–Trinajstić information content (AvgIpc) is 2.18. The number of aryl methyl sites for hydroxylation is 1. The molecule has 0 saturated heterocycles. The van der Waals surface area contributed by atoms with Crippen molar-refractivity contribution in [2.75, 3.05) is 11.5 Å². The molecular weight excluding hydrogens is 210 g/mol. The summed E-state index contributed by atoms with van der Waals surface area (Å²) in [7, 11) is 0. The molecule has 0 radical (unpaired) electrons. The predicted molar refractivity (Wildman–Crippen MR) is 65.4 cm³/mol. The highest BCUT2D eigenvalue weighted by molar-refractivity contribution is 7.80. The van der Waals surface area contributed by atoms with Crippen LogP contribution in [0.1, 0.15) is 21.5 Å². The molecule has 3 N–H and O–H groups in total. The second kappa shape index (κ2) is 4.89. The van der Waals surface area contributed by atoms with E-state index in [1.165, 1.54) is 0 Å². The fourth-order valence-electron chi connectivity index (χ4n) is 1.32. The van der Waals surface area contributed by atoms with Gasteiger partial charge in [-0.05, 0) is 30.2 Å². The molecule has 15 heavy (non-hydrogen) atoms. The Labute approximate surface area is 94.0 Å². The fraction of sp³-hybridized carbons (Fsp3) is 0.182. The molecule has 0 aromatic heterocycles. The summed E-state index contributed by atoms with van der Waals surface area (Å²) in [5, 5.41) is 8.92. The number of nitrogens with two attached hydrogens (primary N) is 1. The number of benzene rings is 1. The van der Waals surface area contributed by atoms with Crippen LogP contribution in [0, 0.1) is 6.92 Å². The van der Waals surface area contributed by atoms with Gasteiger partial charge in [-0.25, -0.2) is 4.79 Å². The van der Waals surface area contributed by atoms with Crippen molar-refractivity contribution in [1.29, 1.82) is 0 Å². The molecule has 0 aliphatic heterocycles. The Kier molecular flexibility index (Phi) is 3.80. The molecule has 0 atom stereocenters. The zero-order chi connectivity index (χ0) is 11.4. The zero-order valence-corrected chi connectivity index (χ0v) is 9.29. The molecule has 4 heteroatoms. The van der Waals surface area contributed by atoms with E-state index >= 15 is 0 Å². The van der Waals surface area contributed by atoms with Gasteiger partial charge >= 0.3 is 5.97 Å². The maximum atomic E-state index is 10.9. The lowest BCUT2D eigenvalue weighted by molar-refractivity contribution is 0.0698. The third kappa shape index (κ3) is 2.76. The van der Waals surface area contributed by atoms with Crippen LogP contribution >= 0.6 is 12.6 Å². The number of rotatable bonds is 3. The topological polar surface area (TPSA) is 63.3 Å². The van der Waals surface area contributed by atoms with Crippen LogP contribution in [0.25, 0.3) is 6.08 Å². The predicted octanol–water partition coefficient (Wildman–Crippen LogP) is 2.22. The number of nitrogen functional groups attached to an aromatic ring is 1. The maximum absolute atomic E-state index is 10.9. The Morgan fingerprint density at radius 2 is 2.27 bits per heavy atom. The van der Waals surface area contributed by atoms with Gasteiger partial charge in [0.2, 0.25) is 0 Å². The van der Waals surface area contributed by atoms with Gasteiger partial charge in [0.1, 0.15) is 0 Å². The third-order valence-corrected chi connectivity index (χ3v) is 2.20. The molecule has 0 amide bonds. The molecule has 80 valence electrons. The van der Waals surface area contributed by atoms with Gasteiger partial charge in [0.05, 0.1) is 11.3 Å². The highest BCUT2D eigenvalue weighted by atomic mass is 32.1. The molecular formula is C11H13NO2S. The first-order chi connectivity index (χ1) is 7.06. The minimum atomic E-state index is -1.00. The van der Waals surface area contributed by atoms with Crippen LogP contribution in [0.2, 0.25) is 0 Å². The second-order valence-corrected chi connectivity index (χ2v) is 3.57. The number of aromatic carboxylic acids is 1. The zero-order valence-electron chi connectivity index (χ0n) is 8.40. The summed E-state index contributed by atoms with van der Waals surface area (Å²) < 4.78 is 0. The first kappa shape index (κ1) is 11.7. The molecule has 0 unspecified atom stereocenters. The maximum Gasteiger partial charge on any atom is 0.337 e. The van der Waals surface area contributed by atoms with Crippen LogP contribution in [-0.4, -0.2) is 16.8 Å². The van der Waals surface area contributed by atoms with Crippen molar-refractivity contribution in [1.82, 2.24) is 0 Å². The van der Waals surface area contributed by atoms with E-state index in [9.17, 15) is 4.79 Å². The highest BCUT2D eigenvalue weighted by Gasteiger charge is 2.10. The van der Waals surface area contributed by atoms with Crippen molar-refractivity contribution >= 4 is 30.4 Å². The Hall–Kier alpha value is -1.42. The molecule has 3 nitrogen and oxygen atoms in total. The van der Waals surface area contributed by atoms with Crippen molar-refractivity contribution < 1.29 is 9.90 Å². The first-order valence-corrected chi connectivity index (χ1v) is 5.10. The summed E-state index contributed by atoms with van der Waals surface area (Å²) in [6.45, 7) is 1.84. The number of thiol groups is 1. The van der Waals surface area contributed by atoms with E-state index < -0.39 is 5.97 Å². The molecule has 1 aromatic carbocycles. The smallest absolute Gasteiger partial charge is 0.337 e. The summed E-state index contributed by atoms with van der Waals surface area (Å²) in [4.78, 5) is 10.9. The number of carboxylic acids is 1. The van der Waals surface area contributed by atoms with Crippen LogP contribution < -0.4 is 5.73 Å². The van der Waals surface area contributed by atoms with Gasteiger partial charge in [0.25, 0.3) is 0 Å². The minimum Gasteiger partial charge on any atom is -0.478 e. The number of hydrogen-bond donors (Lipinski definition) is 3. The number of carboxylic acid groups (broad SMARTS) is 1. The Morgan fingerprint density at radius 1 is 1.60 bits per heavy atom. The van der Waals surface area contributed by atoms with Crippen molar-refractivity contribution in [3.8, 4) is 0 Å². The van der Waals surface area contributed by atoms with Crippen LogP contribution in [0.3, 0.4) is 0 Å². The normalized spacial score (nSPS) is 10.8. The Bertz CT molecular complexity index is 413. The molecule has 0 heterocycles. The van der Waals surface area contributed by atoms with Crippen molar-refractivity contribution in [2.45, 2.75) is 6.92 Å². The van der Waals surface area contributed by atoms with Gasteiger partial charge in [-0.15, -0.1) is 0 Å². The number of anilines is 1. The molecule has 0 saturated carbocycles. The first-order valence-electron chi connectivity index (χ1n) is 4.47. The van der Waals surface area contributed by atoms with Crippen molar-refractivity contribution in [3.63, 3.8) is 0 Å². The Balaban J connectivity index is 3.28. The summed E-state index contributed by atoms with van der Waals surface area (Å²) in [6.07, 6.45) is 3.60. The quantitative estimate of drug-likeness (QED) is 0.544. The van der Waals surface area contributed by atoms with Crippen LogP contribution in [0.15, 0.2) is 18.2 Å². The molecule has 0 spiro atoms. The lowest BCUT2D eigenvalue weighted by Crippen LogP contribution is -2.04. The van der Waals surface area contributed by atoms with Gasteiger partial charge in [0, 0.05) is 5.75 Å². The standard InChI is InChI=1S/C11H13NO2S/c1-7-5-8(3-2-4-15)10(12)9(6-7)11(13)14/h2-3,5-6,15H,4,12H2,1H3,(H,13,14). The van der Waals surface area contributed by atoms with Gasteiger partial charge in [0.15, 0.2) is 0 Å². The largest absolute Gasteiger partial charge is 0.478 e. The molecule has 1 rings (SSSR count). The van der Waals surface area contributed by atoms with Crippen LogP contribution in [-0.2, 0) is 0 Å². The molecule has 0 fully saturated rings. The highest BCUT2D eigenvalue weighted by Crippen LogP contribution is 2.21. The fourth-order valence-corrected chi connectivity index (χ4v) is 1.43. The molecule has 0 bridgehead atoms. The van der Waals surface area contributed by atoms with Crippen LogP contribution in [0.5, 0.6) is 0 Å². The minimum absolute atomic E-state index is 0.147. The Morgan fingerprint density at radius 3 is 2.80 bits per heavy atom. The third-order valence-electron chi connectivity index (χ3n) is 1.99. The SMILES string of the molecule is Cc1cc(C=CCS)c(N)c(C(=O)O)c1. The van der Waals surface area contributed by atoms with Crippen molar-refractivity contribution in [2.24, 2.45) is 0 Å². The van der Waals surface area contributed by atoms with Crippen molar-refractivity contribution in [3.05, 3.63) is 34.9 Å². The van der Waals surface area contributed by atoms with E-state index in [4.69, 9.17) is 10.8 Å². The summed E-state index contributed by atoms with van der Waals surface area (Å²) >= 11 is 4.03. The average molecular weight is 223 g/mol. The van der Waals surface area contributed by atoms with Gasteiger partial charge in [-0.2, -0.15) is 12.6 Å². The van der Waals surface area contributed by atoms with E-state index in [0.717, 1.165) is 11.1 Å². The van der Waals surface area contributed by atoms with E-state index in [1.54, 1.807) is 12.1 Å². The van der Waals surface area contributed by atoms with E-state index in [1.807, 2.05) is 19.1 Å². The van der Waals surface area contributed by atoms with Gasteiger partial charge in [-0.3, -0.25) is 0 Å². The molecule has 0 aliphatic carbocycles. The monoisotopic (exact) mass is 223 g/mol. The lowest BCUT2D eigenvalue weighted by atomic mass is 10.0. The van der Waals surface area contributed by atoms with E-state index in [2.05, 4.69) is 12.6 Å². The summed E-state index contributed by atoms with van der Waals surface area (Å²) in [5.74, 6) is -0.410. The molecule has 0 aliphatic rings.